The van der Waals surface area contributed by atoms with Crippen molar-refractivity contribution in [2.75, 3.05) is 54.0 Å². The van der Waals surface area contributed by atoms with Crippen molar-refractivity contribution in [1.29, 1.82) is 0 Å². The van der Waals surface area contributed by atoms with Crippen LogP contribution in [0.25, 0.3) is 33.4 Å². The van der Waals surface area contributed by atoms with E-state index in [1.807, 2.05) is 32.2 Å². The number of thiazole rings is 1. The molecule has 8 rings (SSSR count). The van der Waals surface area contributed by atoms with Gasteiger partial charge in [-0.2, -0.15) is 0 Å². The zero-order valence-corrected chi connectivity index (χ0v) is 41.1. The van der Waals surface area contributed by atoms with Gasteiger partial charge in [-0.05, 0) is 74.8 Å². The number of benzene rings is 1. The molecule has 3 aromatic heterocycles. The maximum absolute atomic E-state index is 14.7. The maximum Gasteiger partial charge on any atom is 0.324 e. The minimum Gasteiger partial charge on any atom is -0.464 e. The minimum atomic E-state index is -1.08. The molecule has 6 bridgehead atoms. The minimum absolute atomic E-state index is 0.0215. The molecule has 5 amide bonds. The lowest BCUT2D eigenvalue weighted by Gasteiger charge is -2.41. The molecule has 4 aromatic rings. The Kier molecular flexibility index (Phi) is 14.1. The number of amides is 5. The van der Waals surface area contributed by atoms with E-state index in [2.05, 4.69) is 65.8 Å². The van der Waals surface area contributed by atoms with Gasteiger partial charge in [0.2, 0.25) is 11.8 Å². The Balaban J connectivity index is 1.12. The van der Waals surface area contributed by atoms with Crippen LogP contribution < -0.4 is 16.1 Å². The number of hydrazine groups is 1. The summed E-state index contributed by atoms with van der Waals surface area (Å²) in [5.41, 5.74) is 9.16. The predicted octanol–water partition coefficient (Wildman–Crippen LogP) is 4.69. The summed E-state index contributed by atoms with van der Waals surface area (Å²) in [6.45, 7) is 11.9. The van der Waals surface area contributed by atoms with Gasteiger partial charge in [0.1, 0.15) is 18.1 Å². The van der Waals surface area contributed by atoms with Crippen molar-refractivity contribution in [3.05, 3.63) is 58.2 Å². The lowest BCUT2D eigenvalue weighted by Crippen LogP contribution is -2.63. The van der Waals surface area contributed by atoms with Crippen LogP contribution in [0.5, 0.6) is 0 Å². The van der Waals surface area contributed by atoms with E-state index in [-0.39, 0.29) is 49.1 Å². The molecule has 18 heteroatoms. The number of cyclic esters (lactones) is 1. The lowest BCUT2D eigenvalue weighted by molar-refractivity contribution is -0.155. The Bertz CT molecular complexity index is 2520. The van der Waals surface area contributed by atoms with Crippen molar-refractivity contribution in [3.8, 4) is 22.5 Å². The molecule has 7 heterocycles. The molecule has 3 fully saturated rings. The Morgan fingerprint density at radius 1 is 1.07 bits per heavy atom. The third-order valence-electron chi connectivity index (χ3n) is 13.9. The fourth-order valence-electron chi connectivity index (χ4n) is 10.00. The number of esters is 1. The van der Waals surface area contributed by atoms with E-state index < -0.39 is 41.3 Å². The van der Waals surface area contributed by atoms with Gasteiger partial charge < -0.3 is 39.4 Å². The van der Waals surface area contributed by atoms with Crippen LogP contribution in [0.3, 0.4) is 0 Å². The number of hydrogen-bond acceptors (Lipinski definition) is 12. The number of methoxy groups -OCH3 is 1. The first kappa shape index (κ1) is 48.0. The number of carbonyl (C=O) groups is 5. The monoisotopic (exact) mass is 938 g/mol. The van der Waals surface area contributed by atoms with Crippen LogP contribution in [0.2, 0.25) is 0 Å². The average Bonchev–Trinajstić information content (AvgIpc) is 4.02. The summed E-state index contributed by atoms with van der Waals surface area (Å²) in [4.78, 5) is 85.0. The smallest absolute Gasteiger partial charge is 0.324 e. The van der Waals surface area contributed by atoms with Crippen molar-refractivity contribution < 1.29 is 33.4 Å². The van der Waals surface area contributed by atoms with Gasteiger partial charge in [0.05, 0.1) is 40.8 Å². The van der Waals surface area contributed by atoms with E-state index in [4.69, 9.17) is 19.4 Å². The van der Waals surface area contributed by atoms with Crippen molar-refractivity contribution in [1.82, 2.24) is 50.3 Å². The molecule has 6 atom stereocenters. The standard InChI is InChI=1S/C49H66N10O7S/c1-28(2)42(57(8)48(64)58-19-11-13-31(25-58)55(6)45(61)37-24-51-37)44(60)53-36-22-40-52-38(26-67-40)30-16-17-39-33(21-30)34(43(56(39)7)32-14-10-18-50-41(32)29(3)65-9)23-49(4,5)27-66-47(63)35-15-12-20-59(54-35)46(36)62/h10,14,16-18,21,26,28-29,31,35-37,42,51,54H,11-13,15,19-20,22-25,27H2,1-9H3,(H,53,60)/t29-,31+,35-,36-,37-,42-/m0/s1. The number of aromatic nitrogens is 3. The number of pyridine rings is 1. The molecule has 67 heavy (non-hydrogen) atoms. The first-order chi connectivity index (χ1) is 32.0. The number of aryl methyl sites for hydroxylation is 1. The predicted molar refractivity (Wildman–Crippen MR) is 256 cm³/mol. The topological polar surface area (TPSA) is 193 Å². The molecule has 1 aromatic carbocycles. The second kappa shape index (κ2) is 19.7. The van der Waals surface area contributed by atoms with Crippen molar-refractivity contribution in [3.63, 3.8) is 0 Å². The second-order valence-corrected chi connectivity index (χ2v) is 20.8. The first-order valence-electron chi connectivity index (χ1n) is 23.6. The Hall–Kier alpha value is -5.43. The van der Waals surface area contributed by atoms with Crippen LogP contribution in [0, 0.1) is 11.3 Å². The van der Waals surface area contributed by atoms with Crippen molar-refractivity contribution >= 4 is 52.0 Å². The average molecular weight is 939 g/mol. The number of likely N-dealkylation sites (N-methyl/N-ethyl adjacent to an activating group) is 2. The molecular weight excluding hydrogens is 873 g/mol. The molecule has 4 aliphatic rings. The molecule has 0 saturated carbocycles. The zero-order valence-electron chi connectivity index (χ0n) is 40.3. The molecule has 3 N–H and O–H groups in total. The summed E-state index contributed by atoms with van der Waals surface area (Å²) >= 11 is 1.41. The van der Waals surface area contributed by atoms with E-state index in [1.54, 1.807) is 37.2 Å². The molecule has 360 valence electrons. The Morgan fingerprint density at radius 2 is 1.84 bits per heavy atom. The molecule has 0 unspecified atom stereocenters. The summed E-state index contributed by atoms with van der Waals surface area (Å²) in [6, 6.07) is 6.91. The van der Waals surface area contributed by atoms with Crippen LogP contribution in [0.1, 0.15) is 82.7 Å². The van der Waals surface area contributed by atoms with Crippen LogP contribution in [0.4, 0.5) is 4.79 Å². The van der Waals surface area contributed by atoms with E-state index in [9.17, 15) is 24.0 Å². The Morgan fingerprint density at radius 3 is 2.57 bits per heavy atom. The number of nitrogens with one attached hydrogen (secondary N) is 3. The number of carbonyl (C=O) groups excluding carboxylic acids is 5. The van der Waals surface area contributed by atoms with Gasteiger partial charge >= 0.3 is 12.0 Å². The van der Waals surface area contributed by atoms with Gasteiger partial charge in [0.15, 0.2) is 0 Å². The van der Waals surface area contributed by atoms with Gasteiger partial charge in [-0.1, -0.05) is 33.8 Å². The highest BCUT2D eigenvalue weighted by atomic mass is 32.1. The number of hydrogen-bond donors (Lipinski definition) is 3. The summed E-state index contributed by atoms with van der Waals surface area (Å²) in [7, 11) is 7.14. The number of rotatable bonds is 9. The van der Waals surface area contributed by atoms with Crippen molar-refractivity contribution in [2.24, 2.45) is 18.4 Å². The van der Waals surface area contributed by atoms with Crippen LogP contribution in [-0.2, 0) is 48.5 Å². The zero-order chi connectivity index (χ0) is 47.9. The number of likely N-dealkylation sites (tertiary alicyclic amines) is 1. The fourth-order valence-corrected chi connectivity index (χ4v) is 10.8. The quantitative estimate of drug-likeness (QED) is 0.156. The summed E-state index contributed by atoms with van der Waals surface area (Å²) in [5.74, 6) is -1.65. The second-order valence-electron chi connectivity index (χ2n) is 19.8. The SMILES string of the molecule is CO[C@@H](C)c1ncccc1-c1c2c3cc(ccc3n1C)-c1csc(n1)C[C@H](NC(=O)[C@H](C(C)C)N(C)C(=O)N1CCC[C@@H](N(C)C(=O)[C@@H]3CN3)C1)C(=O)N1CCC[C@H](N1)C(=O)OCC(C)(C)C2. The summed E-state index contributed by atoms with van der Waals surface area (Å²) in [5, 5.41) is 11.2. The molecule has 3 saturated heterocycles. The van der Waals surface area contributed by atoms with Crippen LogP contribution in [0.15, 0.2) is 41.9 Å². The highest BCUT2D eigenvalue weighted by Gasteiger charge is 2.41. The molecule has 0 spiro atoms. The normalized spacial score (nSPS) is 23.0. The highest BCUT2D eigenvalue weighted by molar-refractivity contribution is 7.10. The van der Waals surface area contributed by atoms with Crippen LogP contribution in [-0.4, -0.2) is 148 Å². The van der Waals surface area contributed by atoms with Gasteiger partial charge in [-0.3, -0.25) is 29.2 Å². The number of urea groups is 1. The number of fused-ring (bicyclic) bond motifs is 6. The molecule has 4 aliphatic heterocycles. The number of ether oxygens (including phenoxy) is 2. The molecule has 0 aliphatic carbocycles. The third kappa shape index (κ3) is 10.1. The Labute approximate surface area is 396 Å². The van der Waals surface area contributed by atoms with Gasteiger partial charge in [0, 0.05) is 106 Å². The van der Waals surface area contributed by atoms with Gasteiger partial charge in [0.25, 0.3) is 5.91 Å². The maximum atomic E-state index is 14.7. The highest BCUT2D eigenvalue weighted by Crippen LogP contribution is 2.41. The molecular formula is C49H66N10O7S. The fraction of sp³-hybridized carbons (Fsp3) is 0.571. The van der Waals surface area contributed by atoms with E-state index in [1.165, 1.54) is 21.2 Å². The van der Waals surface area contributed by atoms with E-state index in [0.717, 1.165) is 57.5 Å². The molecule has 17 nitrogen and oxygen atoms in total. The third-order valence-corrected chi connectivity index (χ3v) is 14.7. The van der Waals surface area contributed by atoms with Crippen LogP contribution >= 0.6 is 11.3 Å². The van der Waals surface area contributed by atoms with Gasteiger partial charge in [-0.25, -0.2) is 15.2 Å². The molecule has 0 radical (unpaired) electrons. The van der Waals surface area contributed by atoms with E-state index >= 15 is 0 Å². The summed E-state index contributed by atoms with van der Waals surface area (Å²) < 4.78 is 14.1. The number of nitrogens with zero attached hydrogens (tertiary/aromatic N) is 7. The van der Waals surface area contributed by atoms with E-state index in [0.29, 0.717) is 50.4 Å². The largest absolute Gasteiger partial charge is 0.464 e. The lowest BCUT2D eigenvalue weighted by atomic mass is 9.84. The van der Waals surface area contributed by atoms with Gasteiger partial charge in [-0.15, -0.1) is 11.3 Å². The summed E-state index contributed by atoms with van der Waals surface area (Å²) in [6.07, 6.45) is 4.69. The van der Waals surface area contributed by atoms with Crippen molar-refractivity contribution in [2.45, 2.75) is 109 Å². The number of piperidine rings is 1. The first-order valence-corrected chi connectivity index (χ1v) is 24.4.